The molecule has 1 heterocycles. The summed E-state index contributed by atoms with van der Waals surface area (Å²) in [6.45, 7) is 3.88. The van der Waals surface area contributed by atoms with Crippen LogP contribution in [0.3, 0.4) is 0 Å². The largest absolute Gasteiger partial charge is 0.480 e. The summed E-state index contributed by atoms with van der Waals surface area (Å²) in [6.07, 6.45) is 2.92. The second kappa shape index (κ2) is 10.1. The highest BCUT2D eigenvalue weighted by atomic mass is 16.7. The highest BCUT2D eigenvalue weighted by Gasteiger charge is 2.61. The number of carbonyl (C=O) groups excluding carboxylic acids is 2. The first-order valence-corrected chi connectivity index (χ1v) is 13.0. The fourth-order valence-electron chi connectivity index (χ4n) is 5.54. The third kappa shape index (κ3) is 4.72. The van der Waals surface area contributed by atoms with Gasteiger partial charge in [0.05, 0.1) is 0 Å². The van der Waals surface area contributed by atoms with Gasteiger partial charge < -0.3 is 25.2 Å². The summed E-state index contributed by atoms with van der Waals surface area (Å²) >= 11 is 0. The van der Waals surface area contributed by atoms with Crippen LogP contribution in [0.5, 0.6) is 0 Å². The molecule has 2 unspecified atom stereocenters. The zero-order valence-corrected chi connectivity index (χ0v) is 21.5. The van der Waals surface area contributed by atoms with Crippen LogP contribution in [0, 0.1) is 5.92 Å². The number of aliphatic hydroxyl groups is 1. The highest BCUT2D eigenvalue weighted by Crippen LogP contribution is 2.41. The number of aryl methyl sites for hydroxylation is 2. The van der Waals surface area contributed by atoms with E-state index in [1.165, 1.54) is 10.5 Å². The van der Waals surface area contributed by atoms with Crippen molar-refractivity contribution in [3.63, 3.8) is 0 Å². The fourth-order valence-corrected chi connectivity index (χ4v) is 5.54. The molecule has 1 aliphatic carbocycles. The summed E-state index contributed by atoms with van der Waals surface area (Å²) in [6, 6.07) is 15.5. The number of hydrogen-bond donors (Lipinski definition) is 3. The van der Waals surface area contributed by atoms with Gasteiger partial charge in [-0.2, -0.15) is 0 Å². The Bertz CT molecular complexity index is 1400. The Kier molecular flexibility index (Phi) is 6.84. The lowest BCUT2D eigenvalue weighted by Gasteiger charge is -2.48. The summed E-state index contributed by atoms with van der Waals surface area (Å²) in [5, 5.41) is 25.9. The minimum atomic E-state index is -2.00. The average molecular weight is 517 g/mol. The number of nitrogens with one attached hydrogen (secondary N) is 1. The van der Waals surface area contributed by atoms with Gasteiger partial charge in [-0.25, -0.2) is 14.4 Å². The molecule has 1 fully saturated rings. The summed E-state index contributed by atoms with van der Waals surface area (Å²) in [5.74, 6) is -3.99. The van der Waals surface area contributed by atoms with Crippen molar-refractivity contribution < 1.29 is 29.3 Å². The third-order valence-corrected chi connectivity index (χ3v) is 7.40. The molecule has 3 aromatic rings. The molecule has 3 atom stereocenters. The Morgan fingerprint density at radius 2 is 1.82 bits per heavy atom. The number of benzene rings is 3. The molecule has 0 aromatic heterocycles. The van der Waals surface area contributed by atoms with E-state index >= 15 is 0 Å². The summed E-state index contributed by atoms with van der Waals surface area (Å²) in [4.78, 5) is 39.7. The standard InChI is InChI=1S/C30H32N2O6/c1-18(2)17-32(26-28(35)38-30(26,37)23-14-13-19-8-5-10-21(19)15-23)29(36)31-25(27(33)34)16-22-11-6-9-20-7-3-4-12-24(20)22/h3-4,6-7,9,11-15,18,25-26,37H,5,8,10,16-17H2,1-2H3,(H,31,36)(H,33,34)/t25-,26?,30?/m0/s1. The molecular weight excluding hydrogens is 484 g/mol. The van der Waals surface area contributed by atoms with Crippen LogP contribution in [0.25, 0.3) is 10.8 Å². The molecule has 1 saturated heterocycles. The topological polar surface area (TPSA) is 116 Å². The van der Waals surface area contributed by atoms with Crippen LogP contribution in [0.4, 0.5) is 4.79 Å². The van der Waals surface area contributed by atoms with Crippen LogP contribution in [-0.2, 0) is 39.4 Å². The molecule has 2 aliphatic rings. The van der Waals surface area contributed by atoms with Gasteiger partial charge in [0.2, 0.25) is 6.04 Å². The maximum absolute atomic E-state index is 13.6. The molecule has 0 saturated carbocycles. The van der Waals surface area contributed by atoms with Crippen LogP contribution < -0.4 is 5.32 Å². The third-order valence-electron chi connectivity index (χ3n) is 7.40. The lowest BCUT2D eigenvalue weighted by Crippen LogP contribution is -2.70. The van der Waals surface area contributed by atoms with Gasteiger partial charge in [-0.1, -0.05) is 68.4 Å². The molecule has 0 bridgehead atoms. The smallest absolute Gasteiger partial charge is 0.339 e. The number of carbonyl (C=O) groups is 3. The zero-order valence-electron chi connectivity index (χ0n) is 21.5. The van der Waals surface area contributed by atoms with Crippen LogP contribution in [0.15, 0.2) is 60.7 Å². The molecule has 198 valence electrons. The van der Waals surface area contributed by atoms with Crippen molar-refractivity contribution in [2.75, 3.05) is 6.54 Å². The minimum absolute atomic E-state index is 0.0558. The van der Waals surface area contributed by atoms with Crippen molar-refractivity contribution in [1.82, 2.24) is 10.2 Å². The van der Waals surface area contributed by atoms with Crippen LogP contribution in [-0.4, -0.2) is 51.7 Å². The highest BCUT2D eigenvalue weighted by molar-refractivity contribution is 5.91. The first-order chi connectivity index (χ1) is 18.2. The lowest BCUT2D eigenvalue weighted by molar-refractivity contribution is -0.294. The lowest BCUT2D eigenvalue weighted by atomic mass is 9.89. The predicted molar refractivity (Wildman–Crippen MR) is 141 cm³/mol. The molecule has 1 aliphatic heterocycles. The number of amides is 2. The molecule has 38 heavy (non-hydrogen) atoms. The van der Waals surface area contributed by atoms with Crippen molar-refractivity contribution in [3.05, 3.63) is 82.9 Å². The number of ether oxygens (including phenoxy) is 1. The molecule has 8 heteroatoms. The molecule has 0 radical (unpaired) electrons. The zero-order chi connectivity index (χ0) is 27.0. The Labute approximate surface area is 221 Å². The van der Waals surface area contributed by atoms with Crippen LogP contribution in [0.2, 0.25) is 0 Å². The second-order valence-corrected chi connectivity index (χ2v) is 10.6. The van der Waals surface area contributed by atoms with Crippen molar-refractivity contribution in [2.24, 2.45) is 5.92 Å². The SMILES string of the molecule is CC(C)CN(C(=O)N[C@@H](Cc1cccc2ccccc12)C(=O)O)C1C(=O)OC1(O)c1ccc2c(c1)CCC2. The Morgan fingerprint density at radius 3 is 2.55 bits per heavy atom. The van der Waals surface area contributed by atoms with Gasteiger partial charge in [0.15, 0.2) is 0 Å². The molecule has 2 amide bonds. The number of rotatable bonds is 8. The monoisotopic (exact) mass is 516 g/mol. The maximum Gasteiger partial charge on any atom is 0.339 e. The van der Waals surface area contributed by atoms with Gasteiger partial charge in [-0.3, -0.25) is 0 Å². The normalized spacial score (nSPS) is 20.9. The van der Waals surface area contributed by atoms with E-state index in [1.807, 2.05) is 68.4 Å². The predicted octanol–water partition coefficient (Wildman–Crippen LogP) is 3.76. The average Bonchev–Trinajstić information content (AvgIpc) is 3.35. The van der Waals surface area contributed by atoms with Crippen molar-refractivity contribution in [3.8, 4) is 0 Å². The van der Waals surface area contributed by atoms with Crippen LogP contribution in [0.1, 0.15) is 42.5 Å². The number of carboxylic acids is 1. The molecule has 5 rings (SSSR count). The van der Waals surface area contributed by atoms with E-state index in [0.29, 0.717) is 5.56 Å². The number of urea groups is 1. The van der Waals surface area contributed by atoms with Crippen molar-refractivity contribution in [2.45, 2.75) is 57.4 Å². The van der Waals surface area contributed by atoms with Crippen LogP contribution >= 0.6 is 0 Å². The van der Waals surface area contributed by atoms with E-state index in [2.05, 4.69) is 5.32 Å². The number of carboxylic acid groups (broad SMARTS) is 1. The quantitative estimate of drug-likeness (QED) is 0.393. The number of nitrogens with zero attached hydrogens (tertiary/aromatic N) is 1. The molecular formula is C30H32N2O6. The molecule has 0 spiro atoms. The maximum atomic E-state index is 13.6. The van der Waals surface area contributed by atoms with E-state index in [9.17, 15) is 24.6 Å². The number of cyclic esters (lactones) is 1. The Morgan fingerprint density at radius 1 is 1.08 bits per heavy atom. The van der Waals surface area contributed by atoms with E-state index in [-0.39, 0.29) is 18.9 Å². The molecule has 3 N–H and O–H groups in total. The summed E-state index contributed by atoms with van der Waals surface area (Å²) in [5.41, 5.74) is 3.49. The Balaban J connectivity index is 1.41. The van der Waals surface area contributed by atoms with Gasteiger partial charge in [-0.15, -0.1) is 0 Å². The number of esters is 1. The number of hydrogen-bond acceptors (Lipinski definition) is 5. The first-order valence-electron chi connectivity index (χ1n) is 13.0. The van der Waals surface area contributed by atoms with E-state index in [1.54, 1.807) is 6.07 Å². The van der Waals surface area contributed by atoms with E-state index < -0.39 is 35.8 Å². The van der Waals surface area contributed by atoms with Gasteiger partial charge in [0, 0.05) is 18.5 Å². The Hall–Kier alpha value is -3.91. The molecule has 8 nitrogen and oxygen atoms in total. The van der Waals surface area contributed by atoms with Gasteiger partial charge >= 0.3 is 18.0 Å². The number of aliphatic carboxylic acids is 1. The van der Waals surface area contributed by atoms with Gasteiger partial charge in [0.1, 0.15) is 6.04 Å². The van der Waals surface area contributed by atoms with E-state index in [0.717, 1.165) is 41.2 Å². The fraction of sp³-hybridized carbons (Fsp3) is 0.367. The summed E-state index contributed by atoms with van der Waals surface area (Å²) < 4.78 is 5.27. The first kappa shape index (κ1) is 25.7. The van der Waals surface area contributed by atoms with Crippen molar-refractivity contribution in [1.29, 1.82) is 0 Å². The van der Waals surface area contributed by atoms with Gasteiger partial charge in [-0.05, 0) is 58.7 Å². The second-order valence-electron chi connectivity index (χ2n) is 10.6. The van der Waals surface area contributed by atoms with E-state index in [4.69, 9.17) is 4.74 Å². The van der Waals surface area contributed by atoms with Gasteiger partial charge in [0.25, 0.3) is 5.79 Å². The minimum Gasteiger partial charge on any atom is -0.480 e. The number of fused-ring (bicyclic) bond motifs is 2. The molecule has 3 aromatic carbocycles. The van der Waals surface area contributed by atoms with Crippen molar-refractivity contribution >= 4 is 28.7 Å². The summed E-state index contributed by atoms with van der Waals surface area (Å²) in [7, 11) is 0.